The van der Waals surface area contributed by atoms with Crippen molar-refractivity contribution < 1.29 is 14.6 Å². The molecular weight excluding hydrogens is 168 g/mol. The van der Waals surface area contributed by atoms with E-state index >= 15 is 0 Å². The fraction of sp³-hybridized carbons (Fsp3) is 0.700. The molecule has 2 aliphatic rings. The molecule has 0 radical (unpaired) electrons. The average Bonchev–Trinajstić information content (AvgIpc) is 2.62. The molecule has 3 heteroatoms. The largest absolute Gasteiger partial charge is 0.459 e. The highest BCUT2D eigenvalue weighted by molar-refractivity contribution is 5.81. The third-order valence-electron chi connectivity index (χ3n) is 3.15. The number of hydrogen-bond donors (Lipinski definition) is 1. The van der Waals surface area contributed by atoms with E-state index in [-0.39, 0.29) is 24.1 Å². The fourth-order valence-corrected chi connectivity index (χ4v) is 2.58. The van der Waals surface area contributed by atoms with Gasteiger partial charge in [0.15, 0.2) is 0 Å². The molecule has 0 spiro atoms. The molecule has 2 saturated carbocycles. The molecule has 0 aliphatic heterocycles. The van der Waals surface area contributed by atoms with Crippen LogP contribution in [0.25, 0.3) is 0 Å². The van der Waals surface area contributed by atoms with Crippen LogP contribution < -0.4 is 0 Å². The van der Waals surface area contributed by atoms with E-state index in [2.05, 4.69) is 6.58 Å². The predicted molar refractivity (Wildman–Crippen MR) is 46.9 cm³/mol. The first-order valence-corrected chi connectivity index (χ1v) is 4.72. The summed E-state index contributed by atoms with van der Waals surface area (Å²) in [6, 6.07) is 0. The minimum atomic E-state index is -0.371. The number of fused-ring (bicyclic) bond motifs is 2. The first-order chi connectivity index (χ1) is 6.20. The van der Waals surface area contributed by atoms with Gasteiger partial charge in [-0.25, -0.2) is 4.79 Å². The van der Waals surface area contributed by atoms with Crippen molar-refractivity contribution in [1.29, 1.82) is 0 Å². The Morgan fingerprint density at radius 1 is 1.46 bits per heavy atom. The monoisotopic (exact) mass is 182 g/mol. The molecule has 4 unspecified atom stereocenters. The molecule has 0 aromatic heterocycles. The normalized spacial score (nSPS) is 41.9. The standard InChI is InChI=1S/C10H14O3/c1-2-10(12)13-9-5-6-3-7(9)8(11)4-6/h2,6-9,11H,1,3-5H2. The second-order valence-corrected chi connectivity index (χ2v) is 3.98. The van der Waals surface area contributed by atoms with E-state index in [4.69, 9.17) is 4.74 Å². The zero-order valence-corrected chi connectivity index (χ0v) is 7.48. The third kappa shape index (κ3) is 1.48. The van der Waals surface area contributed by atoms with E-state index in [0.717, 1.165) is 19.3 Å². The van der Waals surface area contributed by atoms with Crippen LogP contribution in [0.4, 0.5) is 0 Å². The molecule has 72 valence electrons. The summed E-state index contributed by atoms with van der Waals surface area (Å²) in [6.45, 7) is 3.35. The lowest BCUT2D eigenvalue weighted by molar-refractivity contribution is -0.147. The van der Waals surface area contributed by atoms with Gasteiger partial charge in [-0.2, -0.15) is 0 Å². The highest BCUT2D eigenvalue weighted by Gasteiger charge is 2.47. The van der Waals surface area contributed by atoms with E-state index in [9.17, 15) is 9.90 Å². The van der Waals surface area contributed by atoms with E-state index in [1.165, 1.54) is 6.08 Å². The molecule has 2 fully saturated rings. The SMILES string of the molecule is C=CC(=O)OC1CC2CC(O)C1C2. The number of rotatable bonds is 2. The topological polar surface area (TPSA) is 46.5 Å². The van der Waals surface area contributed by atoms with Gasteiger partial charge in [0.25, 0.3) is 0 Å². The van der Waals surface area contributed by atoms with E-state index in [1.54, 1.807) is 0 Å². The molecule has 0 aromatic rings. The molecule has 2 aliphatic carbocycles. The van der Waals surface area contributed by atoms with Crippen molar-refractivity contribution >= 4 is 5.97 Å². The molecule has 2 bridgehead atoms. The summed E-state index contributed by atoms with van der Waals surface area (Å²) >= 11 is 0. The van der Waals surface area contributed by atoms with Gasteiger partial charge in [0, 0.05) is 12.0 Å². The molecule has 4 atom stereocenters. The molecule has 13 heavy (non-hydrogen) atoms. The molecule has 1 N–H and O–H groups in total. The summed E-state index contributed by atoms with van der Waals surface area (Å²) in [5.41, 5.74) is 0. The van der Waals surface area contributed by atoms with Crippen molar-refractivity contribution in [3.8, 4) is 0 Å². The second kappa shape index (κ2) is 3.14. The second-order valence-electron chi connectivity index (χ2n) is 3.98. The Morgan fingerprint density at radius 3 is 2.77 bits per heavy atom. The number of aliphatic hydroxyl groups is 1. The summed E-state index contributed by atoms with van der Waals surface area (Å²) in [4.78, 5) is 10.9. The van der Waals surface area contributed by atoms with Crippen LogP contribution in [0.15, 0.2) is 12.7 Å². The molecule has 0 saturated heterocycles. The van der Waals surface area contributed by atoms with Gasteiger partial charge in [-0.15, -0.1) is 0 Å². The molecular formula is C10H14O3. The number of aliphatic hydroxyl groups excluding tert-OH is 1. The Hall–Kier alpha value is -0.830. The maximum atomic E-state index is 10.9. The zero-order chi connectivity index (χ0) is 9.42. The first-order valence-electron chi connectivity index (χ1n) is 4.72. The molecule has 0 amide bonds. The van der Waals surface area contributed by atoms with Crippen LogP contribution in [0, 0.1) is 11.8 Å². The van der Waals surface area contributed by atoms with E-state index in [1.807, 2.05) is 0 Å². The number of carbonyl (C=O) groups is 1. The van der Waals surface area contributed by atoms with Crippen molar-refractivity contribution in [2.45, 2.75) is 31.5 Å². The Morgan fingerprint density at radius 2 is 2.23 bits per heavy atom. The van der Waals surface area contributed by atoms with Gasteiger partial charge >= 0.3 is 5.97 Å². The minimum Gasteiger partial charge on any atom is -0.459 e. The van der Waals surface area contributed by atoms with Crippen LogP contribution in [-0.2, 0) is 9.53 Å². The molecule has 3 nitrogen and oxygen atoms in total. The Bertz CT molecular complexity index is 236. The van der Waals surface area contributed by atoms with E-state index in [0.29, 0.717) is 5.92 Å². The maximum Gasteiger partial charge on any atom is 0.330 e. The van der Waals surface area contributed by atoms with Gasteiger partial charge in [0.2, 0.25) is 0 Å². The predicted octanol–water partition coefficient (Wildman–Crippen LogP) is 0.875. The minimum absolute atomic E-state index is 0.0701. The van der Waals surface area contributed by atoms with Gasteiger partial charge in [0.05, 0.1) is 6.10 Å². The molecule has 0 aromatic carbocycles. The van der Waals surface area contributed by atoms with Crippen molar-refractivity contribution in [3.63, 3.8) is 0 Å². The van der Waals surface area contributed by atoms with Crippen LogP contribution in [0.2, 0.25) is 0 Å². The van der Waals surface area contributed by atoms with Crippen LogP contribution >= 0.6 is 0 Å². The van der Waals surface area contributed by atoms with E-state index < -0.39 is 0 Å². The summed E-state index contributed by atoms with van der Waals surface area (Å²) in [5, 5.41) is 9.56. The van der Waals surface area contributed by atoms with Crippen molar-refractivity contribution in [2.75, 3.05) is 0 Å². The highest BCUT2D eigenvalue weighted by Crippen LogP contribution is 2.46. The van der Waals surface area contributed by atoms with Crippen molar-refractivity contribution in [1.82, 2.24) is 0 Å². The smallest absolute Gasteiger partial charge is 0.330 e. The Balaban J connectivity index is 1.95. The van der Waals surface area contributed by atoms with Gasteiger partial charge in [-0.3, -0.25) is 0 Å². The van der Waals surface area contributed by atoms with Crippen LogP contribution in [0.5, 0.6) is 0 Å². The van der Waals surface area contributed by atoms with Crippen LogP contribution in [0.1, 0.15) is 19.3 Å². The first kappa shape index (κ1) is 8.75. The van der Waals surface area contributed by atoms with Crippen molar-refractivity contribution in [2.24, 2.45) is 11.8 Å². The quantitative estimate of drug-likeness (QED) is 0.509. The summed E-state index contributed by atoms with van der Waals surface area (Å²) < 4.78 is 5.15. The molecule has 2 rings (SSSR count). The fourth-order valence-electron chi connectivity index (χ4n) is 2.58. The zero-order valence-electron chi connectivity index (χ0n) is 7.48. The van der Waals surface area contributed by atoms with Crippen LogP contribution in [-0.4, -0.2) is 23.3 Å². The molecule has 0 heterocycles. The highest BCUT2D eigenvalue weighted by atomic mass is 16.5. The lowest BCUT2D eigenvalue weighted by Gasteiger charge is -2.25. The number of ether oxygens (including phenoxy) is 1. The van der Waals surface area contributed by atoms with Gasteiger partial charge < -0.3 is 9.84 Å². The summed E-state index contributed by atoms with van der Waals surface area (Å²) in [5.74, 6) is 0.362. The lowest BCUT2D eigenvalue weighted by Crippen LogP contribution is -2.31. The Kier molecular flexibility index (Phi) is 2.12. The van der Waals surface area contributed by atoms with Gasteiger partial charge in [-0.1, -0.05) is 6.58 Å². The average molecular weight is 182 g/mol. The van der Waals surface area contributed by atoms with Crippen LogP contribution in [0.3, 0.4) is 0 Å². The third-order valence-corrected chi connectivity index (χ3v) is 3.15. The number of esters is 1. The van der Waals surface area contributed by atoms with Crippen molar-refractivity contribution in [3.05, 3.63) is 12.7 Å². The van der Waals surface area contributed by atoms with Gasteiger partial charge in [0.1, 0.15) is 6.10 Å². The lowest BCUT2D eigenvalue weighted by atomic mass is 9.95. The van der Waals surface area contributed by atoms with Gasteiger partial charge in [-0.05, 0) is 25.2 Å². The maximum absolute atomic E-state index is 10.9. The summed E-state index contributed by atoms with van der Waals surface area (Å²) in [7, 11) is 0. The number of hydrogen-bond acceptors (Lipinski definition) is 3. The summed E-state index contributed by atoms with van der Waals surface area (Å²) in [6.07, 6.45) is 3.66. The number of carbonyl (C=O) groups excluding carboxylic acids is 1. The Labute approximate surface area is 77.4 Å².